The van der Waals surface area contributed by atoms with Gasteiger partial charge in [-0.15, -0.1) is 0 Å². The Bertz CT molecular complexity index is 824. The van der Waals surface area contributed by atoms with Crippen molar-refractivity contribution in [3.63, 3.8) is 0 Å². The number of piperidine rings is 1. The second-order valence-corrected chi connectivity index (χ2v) is 8.28. The standard InChI is InChI=1S/C22H29N3O4/c26-20(23-17-8-4-2-1-3-7-16(17)21(27)28)15-11-13-25(14-12-15)22-24-18-9-5-6-10-19(18)29-22/h5-6,9-10,15-17H,1-4,7-8,11-14H2,(H,23,26)(H,27,28). The number of carbonyl (C=O) groups is 2. The molecule has 2 aliphatic rings. The zero-order valence-corrected chi connectivity index (χ0v) is 16.7. The lowest BCUT2D eigenvalue weighted by molar-refractivity contribution is -0.143. The van der Waals surface area contributed by atoms with E-state index in [4.69, 9.17) is 4.42 Å². The predicted octanol–water partition coefficient (Wildman–Crippen LogP) is 3.58. The summed E-state index contributed by atoms with van der Waals surface area (Å²) in [4.78, 5) is 31.2. The average molecular weight is 399 g/mol. The Morgan fingerprint density at radius 1 is 1.03 bits per heavy atom. The molecule has 1 amide bonds. The SMILES string of the molecule is O=C(NC1CCCCCCC1C(=O)O)C1CCN(c2nc3ccccc3o2)CC1. The molecule has 0 radical (unpaired) electrons. The van der Waals surface area contributed by atoms with Crippen LogP contribution in [0.4, 0.5) is 6.01 Å². The van der Waals surface area contributed by atoms with E-state index in [1.807, 2.05) is 24.3 Å². The molecule has 1 saturated heterocycles. The van der Waals surface area contributed by atoms with Gasteiger partial charge in [0.25, 0.3) is 6.01 Å². The van der Waals surface area contributed by atoms with Gasteiger partial charge >= 0.3 is 5.97 Å². The highest BCUT2D eigenvalue weighted by atomic mass is 16.4. The minimum Gasteiger partial charge on any atom is -0.481 e. The van der Waals surface area contributed by atoms with Crippen molar-refractivity contribution >= 4 is 29.0 Å². The number of carboxylic acid groups (broad SMARTS) is 1. The second-order valence-electron chi connectivity index (χ2n) is 8.28. The van der Waals surface area contributed by atoms with Crippen molar-refractivity contribution in [3.05, 3.63) is 24.3 Å². The Labute approximate surface area is 170 Å². The fourth-order valence-corrected chi connectivity index (χ4v) is 4.58. The van der Waals surface area contributed by atoms with Gasteiger partial charge in [-0.05, 0) is 37.8 Å². The number of nitrogens with one attached hydrogen (secondary N) is 1. The number of carbonyl (C=O) groups excluding carboxylic acids is 1. The van der Waals surface area contributed by atoms with Gasteiger partial charge in [0, 0.05) is 25.0 Å². The quantitative estimate of drug-likeness (QED) is 0.816. The third-order valence-electron chi connectivity index (χ3n) is 6.33. The van der Waals surface area contributed by atoms with Gasteiger partial charge in [-0.25, -0.2) is 0 Å². The number of hydrogen-bond acceptors (Lipinski definition) is 5. The molecule has 0 spiro atoms. The fraction of sp³-hybridized carbons (Fsp3) is 0.591. The summed E-state index contributed by atoms with van der Waals surface area (Å²) in [6.07, 6.45) is 6.93. The Hall–Kier alpha value is -2.57. The summed E-state index contributed by atoms with van der Waals surface area (Å²) in [6, 6.07) is 8.04. The Morgan fingerprint density at radius 2 is 1.76 bits per heavy atom. The molecule has 2 fully saturated rings. The van der Waals surface area contributed by atoms with Gasteiger partial charge in [0.2, 0.25) is 5.91 Å². The number of rotatable bonds is 4. The van der Waals surface area contributed by atoms with Crippen LogP contribution in [0.15, 0.2) is 28.7 Å². The topological polar surface area (TPSA) is 95.7 Å². The molecule has 7 nitrogen and oxygen atoms in total. The van der Waals surface area contributed by atoms with Crippen LogP contribution >= 0.6 is 0 Å². The molecule has 1 saturated carbocycles. The first-order chi connectivity index (χ1) is 14.1. The van der Waals surface area contributed by atoms with Crippen molar-refractivity contribution in [2.24, 2.45) is 11.8 Å². The second kappa shape index (κ2) is 8.84. The van der Waals surface area contributed by atoms with Gasteiger partial charge in [0.1, 0.15) is 5.52 Å². The van der Waals surface area contributed by atoms with E-state index in [0.717, 1.165) is 56.0 Å². The minimum absolute atomic E-state index is 0.000890. The van der Waals surface area contributed by atoms with Gasteiger partial charge in [-0.1, -0.05) is 37.8 Å². The van der Waals surface area contributed by atoms with Crippen molar-refractivity contribution in [2.45, 2.75) is 57.4 Å². The van der Waals surface area contributed by atoms with Crippen LogP contribution in [-0.2, 0) is 9.59 Å². The summed E-state index contributed by atoms with van der Waals surface area (Å²) in [5.74, 6) is -1.35. The number of benzene rings is 1. The molecule has 1 aliphatic carbocycles. The Morgan fingerprint density at radius 3 is 2.48 bits per heavy atom. The molecule has 2 atom stereocenters. The van der Waals surface area contributed by atoms with Crippen LogP contribution in [0.2, 0.25) is 0 Å². The fourth-order valence-electron chi connectivity index (χ4n) is 4.58. The molecule has 4 rings (SSSR count). The molecule has 156 valence electrons. The van der Waals surface area contributed by atoms with Crippen LogP contribution in [0.3, 0.4) is 0 Å². The van der Waals surface area contributed by atoms with Crippen molar-refractivity contribution in [2.75, 3.05) is 18.0 Å². The van der Waals surface area contributed by atoms with E-state index in [1.54, 1.807) is 0 Å². The largest absolute Gasteiger partial charge is 0.481 e. The molecule has 2 aromatic rings. The van der Waals surface area contributed by atoms with Crippen LogP contribution in [0, 0.1) is 11.8 Å². The molecule has 29 heavy (non-hydrogen) atoms. The third kappa shape index (κ3) is 4.54. The summed E-state index contributed by atoms with van der Waals surface area (Å²) in [5, 5.41) is 12.7. The Kier molecular flexibility index (Phi) is 6.02. The first-order valence-electron chi connectivity index (χ1n) is 10.8. The van der Waals surface area contributed by atoms with Crippen LogP contribution in [0.5, 0.6) is 0 Å². The van der Waals surface area contributed by atoms with E-state index in [1.165, 1.54) is 0 Å². The highest BCUT2D eigenvalue weighted by molar-refractivity contribution is 5.80. The monoisotopic (exact) mass is 399 g/mol. The zero-order chi connectivity index (χ0) is 20.2. The van der Waals surface area contributed by atoms with Gasteiger partial charge in [-0.2, -0.15) is 4.98 Å². The highest BCUT2D eigenvalue weighted by Gasteiger charge is 2.33. The lowest BCUT2D eigenvalue weighted by Crippen LogP contribution is -2.48. The highest BCUT2D eigenvalue weighted by Crippen LogP contribution is 2.28. The lowest BCUT2D eigenvalue weighted by Gasteiger charge is -2.33. The number of carboxylic acids is 1. The number of anilines is 1. The summed E-state index contributed by atoms with van der Waals surface area (Å²) in [7, 11) is 0. The maximum atomic E-state index is 12.9. The maximum absolute atomic E-state index is 12.9. The Balaban J connectivity index is 1.34. The molecule has 1 aromatic heterocycles. The average Bonchev–Trinajstić information content (AvgIpc) is 3.14. The number of nitrogens with zero attached hydrogens (tertiary/aromatic N) is 2. The molecule has 0 bridgehead atoms. The van der Waals surface area contributed by atoms with Gasteiger partial charge in [-0.3, -0.25) is 9.59 Å². The van der Waals surface area contributed by atoms with Crippen molar-refractivity contribution in [1.29, 1.82) is 0 Å². The van der Waals surface area contributed by atoms with Crippen LogP contribution in [0.25, 0.3) is 11.1 Å². The molecule has 7 heteroatoms. The number of para-hydroxylation sites is 2. The molecule has 2 unspecified atom stereocenters. The van der Waals surface area contributed by atoms with Gasteiger partial charge < -0.3 is 19.7 Å². The van der Waals surface area contributed by atoms with E-state index in [2.05, 4.69) is 15.2 Å². The molecule has 2 heterocycles. The van der Waals surface area contributed by atoms with Crippen molar-refractivity contribution in [1.82, 2.24) is 10.3 Å². The van der Waals surface area contributed by atoms with Crippen molar-refractivity contribution in [3.8, 4) is 0 Å². The number of hydrogen-bond donors (Lipinski definition) is 2. The van der Waals surface area contributed by atoms with Crippen molar-refractivity contribution < 1.29 is 19.1 Å². The van der Waals surface area contributed by atoms with Gasteiger partial charge in [0.05, 0.1) is 5.92 Å². The van der Waals surface area contributed by atoms with Crippen LogP contribution in [0.1, 0.15) is 51.4 Å². The number of aromatic nitrogens is 1. The maximum Gasteiger partial charge on any atom is 0.308 e. The zero-order valence-electron chi connectivity index (χ0n) is 16.7. The number of oxazole rings is 1. The number of amides is 1. The summed E-state index contributed by atoms with van der Waals surface area (Å²) in [6.45, 7) is 1.41. The van der Waals surface area contributed by atoms with Crippen LogP contribution in [-0.4, -0.2) is 41.1 Å². The predicted molar refractivity (Wildman–Crippen MR) is 110 cm³/mol. The van der Waals surface area contributed by atoms with E-state index in [0.29, 0.717) is 25.5 Å². The number of fused-ring (bicyclic) bond motifs is 1. The minimum atomic E-state index is -0.789. The first-order valence-corrected chi connectivity index (χ1v) is 10.8. The summed E-state index contributed by atoms with van der Waals surface area (Å²) >= 11 is 0. The van der Waals surface area contributed by atoms with E-state index >= 15 is 0 Å². The molecular formula is C22H29N3O4. The first kappa shape index (κ1) is 19.7. The van der Waals surface area contributed by atoms with E-state index in [9.17, 15) is 14.7 Å². The normalized spacial score (nSPS) is 24.1. The smallest absolute Gasteiger partial charge is 0.308 e. The lowest BCUT2D eigenvalue weighted by atomic mass is 9.86. The summed E-state index contributed by atoms with van der Waals surface area (Å²) < 4.78 is 5.84. The summed E-state index contributed by atoms with van der Waals surface area (Å²) in [5.41, 5.74) is 1.61. The molecule has 1 aromatic carbocycles. The molecular weight excluding hydrogens is 370 g/mol. The molecule has 1 aliphatic heterocycles. The van der Waals surface area contributed by atoms with E-state index in [-0.39, 0.29) is 17.9 Å². The molecule has 2 N–H and O–H groups in total. The number of aliphatic carboxylic acids is 1. The third-order valence-corrected chi connectivity index (χ3v) is 6.33. The van der Waals surface area contributed by atoms with E-state index < -0.39 is 11.9 Å². The van der Waals surface area contributed by atoms with Crippen LogP contribution < -0.4 is 10.2 Å². The van der Waals surface area contributed by atoms with Gasteiger partial charge in [0.15, 0.2) is 5.58 Å².